The Morgan fingerprint density at radius 1 is 0.967 bits per heavy atom. The van der Waals surface area contributed by atoms with Crippen molar-refractivity contribution in [2.45, 2.75) is 19.4 Å². The van der Waals surface area contributed by atoms with E-state index in [0.717, 1.165) is 22.2 Å². The van der Waals surface area contributed by atoms with E-state index in [4.69, 9.17) is 0 Å². The maximum Gasteiger partial charge on any atom is 0.228 e. The number of nitrogens with zero attached hydrogens (tertiary/aromatic N) is 1. The Bertz CT molecular complexity index is 1190. The normalized spacial score (nSPS) is 11.8. The summed E-state index contributed by atoms with van der Waals surface area (Å²) in [5, 5.41) is 10.5. The van der Waals surface area contributed by atoms with Crippen molar-refractivity contribution in [1.82, 2.24) is 10.3 Å². The van der Waals surface area contributed by atoms with Gasteiger partial charge in [-0.05, 0) is 22.4 Å². The van der Waals surface area contributed by atoms with Crippen molar-refractivity contribution in [3.8, 4) is 11.3 Å². The Kier molecular flexibility index (Phi) is 5.86. The van der Waals surface area contributed by atoms with Crippen LogP contribution in [-0.2, 0) is 9.59 Å². The molecule has 0 saturated carbocycles. The number of carbonyl (C=O) groups is 2. The van der Waals surface area contributed by atoms with Gasteiger partial charge in [-0.25, -0.2) is 4.98 Å². The van der Waals surface area contributed by atoms with Crippen LogP contribution in [0.1, 0.15) is 24.9 Å². The minimum Gasteiger partial charge on any atom is -0.349 e. The summed E-state index contributed by atoms with van der Waals surface area (Å²) in [5.74, 6) is -0.374. The first-order chi connectivity index (χ1) is 14.6. The van der Waals surface area contributed by atoms with Crippen molar-refractivity contribution in [2.24, 2.45) is 0 Å². The fraction of sp³-hybridized carbons (Fsp3) is 0.125. The molecule has 6 heteroatoms. The minimum absolute atomic E-state index is 0.133. The number of anilines is 1. The molecule has 0 bridgehead atoms. The summed E-state index contributed by atoms with van der Waals surface area (Å²) in [7, 11) is 0. The Morgan fingerprint density at radius 3 is 2.47 bits per heavy atom. The zero-order valence-electron chi connectivity index (χ0n) is 16.5. The lowest BCUT2D eigenvalue weighted by molar-refractivity contribution is -0.120. The minimum atomic E-state index is -0.386. The van der Waals surface area contributed by atoms with E-state index < -0.39 is 0 Å². The van der Waals surface area contributed by atoms with Gasteiger partial charge in [-0.2, -0.15) is 0 Å². The van der Waals surface area contributed by atoms with Crippen molar-refractivity contribution in [2.75, 3.05) is 5.32 Å². The van der Waals surface area contributed by atoms with Crippen LogP contribution >= 0.6 is 11.3 Å². The molecule has 0 fully saturated rings. The fourth-order valence-corrected chi connectivity index (χ4v) is 4.09. The average molecular weight is 416 g/mol. The fourth-order valence-electron chi connectivity index (χ4n) is 3.35. The van der Waals surface area contributed by atoms with Gasteiger partial charge in [-0.3, -0.25) is 9.59 Å². The van der Waals surface area contributed by atoms with E-state index in [0.29, 0.717) is 5.13 Å². The quantitative estimate of drug-likeness (QED) is 0.456. The van der Waals surface area contributed by atoms with Crippen molar-refractivity contribution in [1.29, 1.82) is 0 Å². The molecule has 0 aliphatic rings. The van der Waals surface area contributed by atoms with Gasteiger partial charge in [-0.1, -0.05) is 66.7 Å². The molecule has 150 valence electrons. The second-order valence-electron chi connectivity index (χ2n) is 7.02. The SMILES string of the molecule is CC(=O)N[C@H](CC(=O)Nc1nc(-c2ccc3ccccc3c2)cs1)c1ccccc1. The van der Waals surface area contributed by atoms with Crippen LogP contribution in [-0.4, -0.2) is 16.8 Å². The van der Waals surface area contributed by atoms with E-state index >= 15 is 0 Å². The first-order valence-corrected chi connectivity index (χ1v) is 10.5. The van der Waals surface area contributed by atoms with Crippen LogP contribution in [0.5, 0.6) is 0 Å². The van der Waals surface area contributed by atoms with Crippen molar-refractivity contribution >= 4 is 39.1 Å². The highest BCUT2D eigenvalue weighted by Gasteiger charge is 2.18. The molecule has 5 nitrogen and oxygen atoms in total. The van der Waals surface area contributed by atoms with Gasteiger partial charge >= 0.3 is 0 Å². The van der Waals surface area contributed by atoms with Crippen LogP contribution in [0.4, 0.5) is 5.13 Å². The first-order valence-electron chi connectivity index (χ1n) is 9.65. The van der Waals surface area contributed by atoms with E-state index in [1.165, 1.54) is 23.6 Å². The van der Waals surface area contributed by atoms with Crippen LogP contribution in [0.25, 0.3) is 22.0 Å². The molecule has 4 rings (SSSR count). The predicted molar refractivity (Wildman–Crippen MR) is 121 cm³/mol. The predicted octanol–water partition coefficient (Wildman–Crippen LogP) is 5.17. The molecule has 30 heavy (non-hydrogen) atoms. The van der Waals surface area contributed by atoms with E-state index in [9.17, 15) is 9.59 Å². The van der Waals surface area contributed by atoms with E-state index in [1.54, 1.807) is 0 Å². The number of aromatic nitrogens is 1. The molecule has 4 aromatic rings. The lowest BCUT2D eigenvalue weighted by Crippen LogP contribution is -2.29. The first kappa shape index (κ1) is 19.8. The third-order valence-electron chi connectivity index (χ3n) is 4.76. The smallest absolute Gasteiger partial charge is 0.228 e. The Balaban J connectivity index is 1.47. The third-order valence-corrected chi connectivity index (χ3v) is 5.52. The molecule has 0 saturated heterocycles. The van der Waals surface area contributed by atoms with E-state index in [2.05, 4.69) is 39.9 Å². The summed E-state index contributed by atoms with van der Waals surface area (Å²) in [5.41, 5.74) is 2.72. The molecule has 1 aromatic heterocycles. The highest BCUT2D eigenvalue weighted by Crippen LogP contribution is 2.28. The Labute approximate surface area is 178 Å². The molecule has 0 aliphatic heterocycles. The number of benzene rings is 3. The summed E-state index contributed by atoms with van der Waals surface area (Å²) in [4.78, 5) is 28.7. The lowest BCUT2D eigenvalue weighted by atomic mass is 10.0. The van der Waals surface area contributed by atoms with E-state index in [1.807, 2.05) is 53.9 Å². The Hall–Kier alpha value is -3.51. The van der Waals surface area contributed by atoms with Gasteiger partial charge in [-0.15, -0.1) is 11.3 Å². The maximum absolute atomic E-state index is 12.6. The lowest BCUT2D eigenvalue weighted by Gasteiger charge is -2.17. The molecule has 3 aromatic carbocycles. The summed E-state index contributed by atoms with van der Waals surface area (Å²) in [6.07, 6.45) is 0.133. The van der Waals surface area contributed by atoms with Crippen molar-refractivity contribution < 1.29 is 9.59 Å². The third kappa shape index (κ3) is 4.72. The summed E-state index contributed by atoms with van der Waals surface area (Å²) in [6, 6.07) is 23.5. The van der Waals surface area contributed by atoms with Crippen LogP contribution in [0, 0.1) is 0 Å². The number of amides is 2. The van der Waals surface area contributed by atoms with Gasteiger partial charge in [0.15, 0.2) is 5.13 Å². The van der Waals surface area contributed by atoms with Gasteiger partial charge in [0, 0.05) is 17.9 Å². The number of thiazole rings is 1. The standard InChI is InChI=1S/C24H21N3O2S/c1-16(28)25-21(18-8-3-2-4-9-18)14-23(29)27-24-26-22(15-30-24)20-12-11-17-7-5-6-10-19(17)13-20/h2-13,15,21H,14H2,1H3,(H,25,28)(H,26,27,29)/t21-/m1/s1. The van der Waals surface area contributed by atoms with Crippen LogP contribution in [0.15, 0.2) is 78.2 Å². The van der Waals surface area contributed by atoms with Gasteiger partial charge in [0.25, 0.3) is 0 Å². The monoisotopic (exact) mass is 415 g/mol. The van der Waals surface area contributed by atoms with Crippen LogP contribution in [0.2, 0.25) is 0 Å². The Morgan fingerprint density at radius 2 is 1.70 bits per heavy atom. The molecule has 2 N–H and O–H groups in total. The number of carbonyl (C=O) groups excluding carboxylic acids is 2. The number of hydrogen-bond donors (Lipinski definition) is 2. The molecule has 0 radical (unpaired) electrons. The average Bonchev–Trinajstić information content (AvgIpc) is 3.21. The zero-order chi connectivity index (χ0) is 20.9. The highest BCUT2D eigenvalue weighted by atomic mass is 32.1. The molecule has 1 heterocycles. The summed E-state index contributed by atoms with van der Waals surface area (Å²) in [6.45, 7) is 1.45. The van der Waals surface area contributed by atoms with Gasteiger partial charge in [0.1, 0.15) is 0 Å². The molecule has 0 unspecified atom stereocenters. The second-order valence-corrected chi connectivity index (χ2v) is 7.87. The molecule has 1 atom stereocenters. The van der Waals surface area contributed by atoms with Crippen LogP contribution < -0.4 is 10.6 Å². The maximum atomic E-state index is 12.6. The molecule has 0 spiro atoms. The van der Waals surface area contributed by atoms with Gasteiger partial charge in [0.2, 0.25) is 11.8 Å². The van der Waals surface area contributed by atoms with Gasteiger partial charge in [0.05, 0.1) is 18.2 Å². The summed E-state index contributed by atoms with van der Waals surface area (Å²) >= 11 is 1.38. The number of nitrogens with one attached hydrogen (secondary N) is 2. The largest absolute Gasteiger partial charge is 0.349 e. The number of hydrogen-bond acceptors (Lipinski definition) is 4. The van der Waals surface area contributed by atoms with Crippen molar-refractivity contribution in [3.63, 3.8) is 0 Å². The zero-order valence-corrected chi connectivity index (χ0v) is 17.3. The molecule has 0 aliphatic carbocycles. The number of rotatable bonds is 6. The van der Waals surface area contributed by atoms with Crippen LogP contribution in [0.3, 0.4) is 0 Å². The molecule has 2 amide bonds. The highest BCUT2D eigenvalue weighted by molar-refractivity contribution is 7.14. The van der Waals surface area contributed by atoms with Gasteiger partial charge < -0.3 is 10.6 Å². The second kappa shape index (κ2) is 8.88. The summed E-state index contributed by atoms with van der Waals surface area (Å²) < 4.78 is 0. The van der Waals surface area contributed by atoms with Crippen molar-refractivity contribution in [3.05, 3.63) is 83.7 Å². The topological polar surface area (TPSA) is 71.1 Å². The molecular formula is C24H21N3O2S. The van der Waals surface area contributed by atoms with E-state index in [-0.39, 0.29) is 24.3 Å². The molecular weight excluding hydrogens is 394 g/mol. The number of fused-ring (bicyclic) bond motifs is 1.